The van der Waals surface area contributed by atoms with Crippen LogP contribution in [-0.4, -0.2) is 31.8 Å². The summed E-state index contributed by atoms with van der Waals surface area (Å²) in [6.45, 7) is 8.45. The van der Waals surface area contributed by atoms with Crippen LogP contribution in [0.2, 0.25) is 0 Å². The Morgan fingerprint density at radius 3 is 2.30 bits per heavy atom. The SMILES string of the molecule is CC1=C2C(=C3CN(S(=O)(=O)c4ccc(C)cc4)CC3=CC2(C)C)[C@H](c2ccccc2)OC1=O. The zero-order valence-corrected chi connectivity index (χ0v) is 20.1. The van der Waals surface area contributed by atoms with E-state index in [1.54, 1.807) is 19.1 Å². The highest BCUT2D eigenvalue weighted by atomic mass is 32.2. The highest BCUT2D eigenvalue weighted by molar-refractivity contribution is 7.89. The van der Waals surface area contributed by atoms with E-state index in [0.717, 1.165) is 33.4 Å². The summed E-state index contributed by atoms with van der Waals surface area (Å²) in [4.78, 5) is 13.1. The lowest BCUT2D eigenvalue weighted by atomic mass is 9.68. The lowest BCUT2D eigenvalue weighted by Crippen LogP contribution is -2.32. The van der Waals surface area contributed by atoms with Crippen molar-refractivity contribution in [3.05, 3.63) is 99.7 Å². The van der Waals surface area contributed by atoms with Crippen molar-refractivity contribution < 1.29 is 17.9 Å². The van der Waals surface area contributed by atoms with Crippen molar-refractivity contribution >= 4 is 16.0 Å². The average molecular weight is 462 g/mol. The molecule has 1 aliphatic carbocycles. The number of carbonyl (C=O) groups is 1. The molecule has 2 aromatic carbocycles. The van der Waals surface area contributed by atoms with Crippen molar-refractivity contribution in [3.8, 4) is 0 Å². The molecule has 5 rings (SSSR count). The molecule has 1 saturated heterocycles. The van der Waals surface area contributed by atoms with E-state index in [9.17, 15) is 13.2 Å². The molecule has 170 valence electrons. The molecule has 0 bridgehead atoms. The molecule has 0 amide bonds. The molecule has 2 aliphatic heterocycles. The van der Waals surface area contributed by atoms with E-state index < -0.39 is 21.5 Å². The number of ether oxygens (including phenoxy) is 1. The number of allylic oxidation sites excluding steroid dienone is 1. The molecule has 3 aliphatic rings. The van der Waals surface area contributed by atoms with Gasteiger partial charge in [-0.2, -0.15) is 4.31 Å². The maximum atomic E-state index is 13.5. The van der Waals surface area contributed by atoms with Crippen molar-refractivity contribution in [2.45, 2.75) is 38.7 Å². The van der Waals surface area contributed by atoms with Crippen molar-refractivity contribution in [3.63, 3.8) is 0 Å². The second-order valence-corrected chi connectivity index (χ2v) is 11.5. The summed E-state index contributed by atoms with van der Waals surface area (Å²) in [5, 5.41) is 0. The molecule has 33 heavy (non-hydrogen) atoms. The first-order chi connectivity index (χ1) is 15.6. The molecule has 5 nitrogen and oxygen atoms in total. The molecule has 0 N–H and O–H groups in total. The Kier molecular flexibility index (Phi) is 4.99. The standard InChI is InChI=1S/C27H27NO4S/c1-17-10-12-21(13-11-17)33(30,31)28-15-20-14-27(3,4)24-18(2)26(29)32-25(23(24)22(20)16-28)19-8-6-5-7-9-19/h5-14,25H,15-16H2,1-4H3/t25-/m0/s1. The molecule has 6 heteroatoms. The van der Waals surface area contributed by atoms with Gasteiger partial charge in [-0.15, -0.1) is 0 Å². The minimum absolute atomic E-state index is 0.255. The van der Waals surface area contributed by atoms with Crippen LogP contribution < -0.4 is 0 Å². The van der Waals surface area contributed by atoms with Crippen LogP contribution in [0, 0.1) is 12.3 Å². The van der Waals surface area contributed by atoms with E-state index in [-0.39, 0.29) is 12.5 Å². The zero-order valence-electron chi connectivity index (χ0n) is 19.3. The number of fused-ring (bicyclic) bond motifs is 2. The Morgan fingerprint density at radius 1 is 0.970 bits per heavy atom. The average Bonchev–Trinajstić information content (AvgIpc) is 3.20. The van der Waals surface area contributed by atoms with E-state index in [0.29, 0.717) is 17.0 Å². The van der Waals surface area contributed by atoms with Crippen LogP contribution in [0.3, 0.4) is 0 Å². The Hall–Kier alpha value is -2.96. The Morgan fingerprint density at radius 2 is 1.64 bits per heavy atom. The molecular weight excluding hydrogens is 434 g/mol. The van der Waals surface area contributed by atoms with Gasteiger partial charge in [0, 0.05) is 29.7 Å². The molecule has 0 spiro atoms. The van der Waals surface area contributed by atoms with Gasteiger partial charge in [-0.25, -0.2) is 13.2 Å². The van der Waals surface area contributed by atoms with E-state index in [4.69, 9.17) is 4.74 Å². The van der Waals surface area contributed by atoms with Crippen LogP contribution in [0.15, 0.2) is 93.4 Å². The van der Waals surface area contributed by atoms with Crippen LogP contribution in [0.5, 0.6) is 0 Å². The third kappa shape index (κ3) is 3.49. The predicted octanol–water partition coefficient (Wildman–Crippen LogP) is 4.88. The van der Waals surface area contributed by atoms with Gasteiger partial charge in [0.1, 0.15) is 0 Å². The second kappa shape index (κ2) is 7.54. The van der Waals surface area contributed by atoms with Crippen molar-refractivity contribution in [2.24, 2.45) is 5.41 Å². The number of benzene rings is 2. The van der Waals surface area contributed by atoms with Crippen LogP contribution in [0.1, 0.15) is 38.0 Å². The fourth-order valence-electron chi connectivity index (χ4n) is 5.24. The summed E-state index contributed by atoms with van der Waals surface area (Å²) in [5.41, 5.74) is 5.87. The van der Waals surface area contributed by atoms with E-state index in [2.05, 4.69) is 19.9 Å². The largest absolute Gasteiger partial charge is 0.449 e. The first-order valence-corrected chi connectivity index (χ1v) is 12.5. The van der Waals surface area contributed by atoms with Gasteiger partial charge in [0.2, 0.25) is 10.0 Å². The Balaban J connectivity index is 1.67. The Bertz CT molecular complexity index is 1350. The summed E-state index contributed by atoms with van der Waals surface area (Å²) in [6, 6.07) is 16.6. The quantitative estimate of drug-likeness (QED) is 0.612. The van der Waals surface area contributed by atoms with Crippen LogP contribution in [-0.2, 0) is 19.6 Å². The number of rotatable bonds is 3. The number of carbonyl (C=O) groups excluding carboxylic acids is 1. The number of cyclic esters (lactones) is 1. The maximum absolute atomic E-state index is 13.5. The van der Waals surface area contributed by atoms with Gasteiger partial charge in [0.05, 0.1) is 4.90 Å². The molecule has 0 unspecified atom stereocenters. The third-order valence-electron chi connectivity index (χ3n) is 6.77. The van der Waals surface area contributed by atoms with Crippen molar-refractivity contribution in [1.29, 1.82) is 0 Å². The van der Waals surface area contributed by atoms with Gasteiger partial charge >= 0.3 is 5.97 Å². The van der Waals surface area contributed by atoms with Crippen molar-refractivity contribution in [2.75, 3.05) is 13.1 Å². The second-order valence-electron chi connectivity index (χ2n) is 9.57. The normalized spacial score (nSPS) is 22.6. The van der Waals surface area contributed by atoms with Crippen LogP contribution in [0.4, 0.5) is 0 Å². The van der Waals surface area contributed by atoms with Gasteiger partial charge in [-0.1, -0.05) is 68.0 Å². The summed E-state index contributed by atoms with van der Waals surface area (Å²) in [6.07, 6.45) is 1.56. The summed E-state index contributed by atoms with van der Waals surface area (Å²) in [7, 11) is -3.66. The van der Waals surface area contributed by atoms with Gasteiger partial charge < -0.3 is 4.74 Å². The predicted molar refractivity (Wildman–Crippen MR) is 127 cm³/mol. The van der Waals surface area contributed by atoms with E-state index in [1.165, 1.54) is 4.31 Å². The summed E-state index contributed by atoms with van der Waals surface area (Å²) < 4.78 is 34.4. The van der Waals surface area contributed by atoms with Gasteiger partial charge in [0.15, 0.2) is 6.10 Å². The number of hydrogen-bond donors (Lipinski definition) is 0. The topological polar surface area (TPSA) is 63.7 Å². The molecule has 0 aromatic heterocycles. The summed E-state index contributed by atoms with van der Waals surface area (Å²) >= 11 is 0. The van der Waals surface area contributed by atoms with E-state index in [1.807, 2.05) is 49.4 Å². The summed E-state index contributed by atoms with van der Waals surface area (Å²) in [5.74, 6) is -0.324. The van der Waals surface area contributed by atoms with Gasteiger partial charge in [-0.3, -0.25) is 0 Å². The number of aryl methyl sites for hydroxylation is 1. The molecular formula is C27H27NO4S. The number of hydrogen-bond acceptors (Lipinski definition) is 4. The zero-order chi connectivity index (χ0) is 23.5. The monoisotopic (exact) mass is 461 g/mol. The van der Waals surface area contributed by atoms with Crippen LogP contribution in [0.25, 0.3) is 0 Å². The molecule has 2 aromatic rings. The van der Waals surface area contributed by atoms with E-state index >= 15 is 0 Å². The maximum Gasteiger partial charge on any atom is 0.334 e. The Labute approximate surface area is 195 Å². The van der Waals surface area contributed by atoms with Crippen LogP contribution >= 0.6 is 0 Å². The molecule has 1 fully saturated rings. The lowest BCUT2D eigenvalue weighted by Gasteiger charge is -2.40. The molecule has 1 atom stereocenters. The minimum Gasteiger partial charge on any atom is -0.449 e. The fraction of sp³-hybridized carbons (Fsp3) is 0.296. The minimum atomic E-state index is -3.66. The van der Waals surface area contributed by atoms with Gasteiger partial charge in [0.25, 0.3) is 0 Å². The number of sulfonamides is 1. The highest BCUT2D eigenvalue weighted by Crippen LogP contribution is 2.53. The number of nitrogens with zero attached hydrogens (tertiary/aromatic N) is 1. The number of esters is 1. The highest BCUT2D eigenvalue weighted by Gasteiger charge is 2.46. The van der Waals surface area contributed by atoms with Gasteiger partial charge in [-0.05, 0) is 48.3 Å². The lowest BCUT2D eigenvalue weighted by molar-refractivity contribution is -0.144. The molecule has 0 radical (unpaired) electrons. The first-order valence-electron chi connectivity index (χ1n) is 11.1. The molecule has 2 heterocycles. The van der Waals surface area contributed by atoms with Crippen molar-refractivity contribution in [1.82, 2.24) is 4.31 Å². The fourth-order valence-corrected chi connectivity index (χ4v) is 6.62. The smallest absolute Gasteiger partial charge is 0.334 e. The molecule has 0 saturated carbocycles. The third-order valence-corrected chi connectivity index (χ3v) is 8.58. The first kappa shape index (κ1) is 21.9.